The average molecular weight is 401 g/mol. The number of rotatable bonds is 9. The molecule has 2 heterocycles. The number of aromatic nitrogens is 2. The van der Waals surface area contributed by atoms with Crippen LogP contribution in [0.4, 0.5) is 0 Å². The van der Waals surface area contributed by atoms with Gasteiger partial charge in [-0.05, 0) is 19.3 Å². The summed E-state index contributed by atoms with van der Waals surface area (Å²) in [6, 6.07) is -0.235. The normalized spacial score (nSPS) is 19.3. The van der Waals surface area contributed by atoms with E-state index in [0.29, 0.717) is 38.6 Å². The van der Waals surface area contributed by atoms with Crippen molar-refractivity contribution in [2.45, 2.75) is 51.5 Å². The Bertz CT molecular complexity index is 745. The lowest BCUT2D eigenvalue weighted by atomic mass is 10.1. The van der Waals surface area contributed by atoms with Gasteiger partial charge in [0.1, 0.15) is 0 Å². The summed E-state index contributed by atoms with van der Waals surface area (Å²) in [6.07, 6.45) is 3.47. The molecule has 0 unspecified atom stereocenters. The molecule has 0 N–H and O–H groups in total. The topological polar surface area (TPSA) is 84.7 Å². The van der Waals surface area contributed by atoms with Gasteiger partial charge in [-0.25, -0.2) is 13.4 Å². The first-order valence-electron chi connectivity index (χ1n) is 9.41. The van der Waals surface area contributed by atoms with Gasteiger partial charge in [-0.1, -0.05) is 13.8 Å². The van der Waals surface area contributed by atoms with E-state index in [0.717, 1.165) is 18.8 Å². The molecule has 0 saturated carbocycles. The lowest BCUT2D eigenvalue weighted by Gasteiger charge is -2.39. The predicted octanol–water partition coefficient (Wildman–Crippen LogP) is 1.01. The Hall–Kier alpha value is -1.45. The molecule has 9 heteroatoms. The van der Waals surface area contributed by atoms with Crippen LogP contribution in [0.1, 0.15) is 32.9 Å². The number of hydrogen-bond donors (Lipinski definition) is 0. The van der Waals surface area contributed by atoms with Crippen LogP contribution in [0.3, 0.4) is 0 Å². The second kappa shape index (κ2) is 9.16. The predicted molar refractivity (Wildman–Crippen MR) is 103 cm³/mol. The zero-order valence-electron chi connectivity index (χ0n) is 17.0. The molecule has 1 aliphatic heterocycles. The van der Waals surface area contributed by atoms with Crippen molar-refractivity contribution in [3.63, 3.8) is 0 Å². The molecule has 154 valence electrons. The number of carbonyl (C=O) groups is 1. The van der Waals surface area contributed by atoms with Crippen LogP contribution >= 0.6 is 0 Å². The fourth-order valence-electron chi connectivity index (χ4n) is 3.44. The van der Waals surface area contributed by atoms with E-state index in [-0.39, 0.29) is 17.1 Å². The number of carbonyl (C=O) groups excluding carboxylic acids is 1. The first kappa shape index (κ1) is 21.8. The van der Waals surface area contributed by atoms with Crippen molar-refractivity contribution >= 4 is 15.7 Å². The fourth-order valence-corrected chi connectivity index (χ4v) is 4.29. The summed E-state index contributed by atoms with van der Waals surface area (Å²) in [5, 5.41) is 0.0750. The molecular weight excluding hydrogens is 368 g/mol. The number of amides is 1. The summed E-state index contributed by atoms with van der Waals surface area (Å²) < 4.78 is 31.0. The van der Waals surface area contributed by atoms with Crippen molar-refractivity contribution in [1.29, 1.82) is 0 Å². The second-order valence-corrected chi connectivity index (χ2v) is 9.54. The summed E-state index contributed by atoms with van der Waals surface area (Å²) in [7, 11) is -1.80. The van der Waals surface area contributed by atoms with Crippen LogP contribution in [-0.2, 0) is 32.5 Å². The number of piperazine rings is 1. The van der Waals surface area contributed by atoms with E-state index in [1.54, 1.807) is 17.9 Å². The van der Waals surface area contributed by atoms with E-state index in [2.05, 4.69) is 23.7 Å². The van der Waals surface area contributed by atoms with Crippen molar-refractivity contribution in [1.82, 2.24) is 19.4 Å². The Kier molecular flexibility index (Phi) is 7.41. The molecule has 1 aromatic heterocycles. The highest BCUT2D eigenvalue weighted by atomic mass is 32.2. The maximum atomic E-state index is 12.7. The van der Waals surface area contributed by atoms with Gasteiger partial charge in [0.2, 0.25) is 20.9 Å². The molecule has 1 atom stereocenters. The van der Waals surface area contributed by atoms with Gasteiger partial charge in [-0.3, -0.25) is 9.69 Å². The number of nitrogens with zero attached hydrogens (tertiary/aromatic N) is 4. The quantitative estimate of drug-likeness (QED) is 0.575. The van der Waals surface area contributed by atoms with Crippen LogP contribution in [-0.4, -0.2) is 79.3 Å². The third-order valence-corrected chi connectivity index (χ3v) is 5.78. The molecule has 1 amide bonds. The van der Waals surface area contributed by atoms with E-state index in [1.807, 2.05) is 11.8 Å². The number of imidazole rings is 1. The minimum atomic E-state index is -3.42. The van der Waals surface area contributed by atoms with E-state index in [1.165, 1.54) is 6.26 Å². The van der Waals surface area contributed by atoms with Gasteiger partial charge >= 0.3 is 0 Å². The van der Waals surface area contributed by atoms with Crippen molar-refractivity contribution in [3.8, 4) is 0 Å². The molecule has 0 bridgehead atoms. The Labute approximate surface area is 162 Å². The van der Waals surface area contributed by atoms with E-state index in [9.17, 15) is 13.2 Å². The molecule has 8 nitrogen and oxygen atoms in total. The fraction of sp³-hybridized carbons (Fsp3) is 0.778. The summed E-state index contributed by atoms with van der Waals surface area (Å²) in [5.41, 5.74) is 0.809. The van der Waals surface area contributed by atoms with E-state index < -0.39 is 9.84 Å². The monoisotopic (exact) mass is 400 g/mol. The molecule has 1 aromatic rings. The Morgan fingerprint density at radius 3 is 2.63 bits per heavy atom. The largest absolute Gasteiger partial charge is 0.385 e. The standard InChI is InChI=1S/C18H32N4O4S/c1-14(2)12-21-9-8-20(15(3)17(21)23)13-16-11-19-18(27(5,24)25)22(16)7-6-10-26-4/h11,14-15H,6-10,12-13H2,1-5H3/t15-/m0/s1. The molecule has 1 saturated heterocycles. The Morgan fingerprint density at radius 1 is 1.33 bits per heavy atom. The van der Waals surface area contributed by atoms with E-state index >= 15 is 0 Å². The van der Waals surface area contributed by atoms with Crippen molar-refractivity contribution in [3.05, 3.63) is 11.9 Å². The third kappa shape index (κ3) is 5.52. The van der Waals surface area contributed by atoms with Gasteiger partial charge in [-0.15, -0.1) is 0 Å². The summed E-state index contributed by atoms with van der Waals surface area (Å²) in [5.74, 6) is 0.566. The highest BCUT2D eigenvalue weighted by molar-refractivity contribution is 7.90. The molecule has 0 spiro atoms. The number of hydrogen-bond acceptors (Lipinski definition) is 6. The van der Waals surface area contributed by atoms with Gasteiger partial charge in [-0.2, -0.15) is 0 Å². The highest BCUT2D eigenvalue weighted by Gasteiger charge is 2.32. The SMILES string of the molecule is COCCCn1c(CN2CCN(CC(C)C)C(=O)[C@@H]2C)cnc1S(C)(=O)=O. The number of ether oxygens (including phenoxy) is 1. The number of methoxy groups -OCH3 is 1. The second-order valence-electron chi connectivity index (χ2n) is 7.63. The zero-order valence-corrected chi connectivity index (χ0v) is 17.8. The van der Waals surface area contributed by atoms with E-state index in [4.69, 9.17) is 4.74 Å². The Morgan fingerprint density at radius 2 is 2.04 bits per heavy atom. The average Bonchev–Trinajstić information content (AvgIpc) is 2.97. The maximum Gasteiger partial charge on any atom is 0.239 e. The first-order chi connectivity index (χ1) is 12.6. The van der Waals surface area contributed by atoms with Crippen LogP contribution in [0.5, 0.6) is 0 Å². The molecule has 0 aliphatic carbocycles. The van der Waals surface area contributed by atoms with Crippen LogP contribution in [0, 0.1) is 5.92 Å². The van der Waals surface area contributed by atoms with Gasteiger partial charge in [0, 0.05) is 52.7 Å². The summed E-state index contributed by atoms with van der Waals surface area (Å²) >= 11 is 0. The molecule has 2 rings (SSSR count). The van der Waals surface area contributed by atoms with Crippen LogP contribution < -0.4 is 0 Å². The molecular formula is C18H32N4O4S. The summed E-state index contributed by atoms with van der Waals surface area (Å²) in [6.45, 7) is 9.91. The van der Waals surface area contributed by atoms with Crippen LogP contribution in [0.2, 0.25) is 0 Å². The maximum absolute atomic E-state index is 12.7. The molecule has 1 aliphatic rings. The van der Waals surface area contributed by atoms with Gasteiger partial charge < -0.3 is 14.2 Å². The van der Waals surface area contributed by atoms with Gasteiger partial charge in [0.15, 0.2) is 0 Å². The molecule has 1 fully saturated rings. The van der Waals surface area contributed by atoms with Crippen molar-refractivity contribution in [2.24, 2.45) is 5.92 Å². The zero-order chi connectivity index (χ0) is 20.2. The first-order valence-corrected chi connectivity index (χ1v) is 11.3. The lowest BCUT2D eigenvalue weighted by molar-refractivity contribution is -0.142. The molecule has 27 heavy (non-hydrogen) atoms. The van der Waals surface area contributed by atoms with Crippen LogP contribution in [0.25, 0.3) is 0 Å². The molecule has 0 radical (unpaired) electrons. The van der Waals surface area contributed by atoms with Crippen LogP contribution in [0.15, 0.2) is 11.4 Å². The highest BCUT2D eigenvalue weighted by Crippen LogP contribution is 2.19. The molecule has 0 aromatic carbocycles. The van der Waals surface area contributed by atoms with Crippen molar-refractivity contribution < 1.29 is 17.9 Å². The number of sulfone groups is 1. The third-order valence-electron chi connectivity index (χ3n) is 4.79. The lowest BCUT2D eigenvalue weighted by Crippen LogP contribution is -2.56. The van der Waals surface area contributed by atoms with Crippen molar-refractivity contribution in [2.75, 3.05) is 39.6 Å². The minimum Gasteiger partial charge on any atom is -0.385 e. The van der Waals surface area contributed by atoms with Gasteiger partial charge in [0.25, 0.3) is 0 Å². The Balaban J connectivity index is 2.17. The minimum absolute atomic E-state index is 0.0750. The van der Waals surface area contributed by atoms with Gasteiger partial charge in [0.05, 0.1) is 17.9 Å². The smallest absolute Gasteiger partial charge is 0.239 e. The summed E-state index contributed by atoms with van der Waals surface area (Å²) in [4.78, 5) is 20.8.